The minimum Gasteiger partial charge on any atom is -0.360 e. The van der Waals surface area contributed by atoms with Crippen molar-refractivity contribution in [3.63, 3.8) is 0 Å². The second kappa shape index (κ2) is 6.23. The number of nitrogens with one attached hydrogen (secondary N) is 2. The van der Waals surface area contributed by atoms with E-state index < -0.39 is 17.2 Å². The van der Waals surface area contributed by atoms with Gasteiger partial charge >= 0.3 is 0 Å². The van der Waals surface area contributed by atoms with Crippen LogP contribution in [0.3, 0.4) is 0 Å². The lowest BCUT2D eigenvalue weighted by molar-refractivity contribution is 0.0949. The maximum Gasteiger partial charge on any atom is 0.257 e. The first kappa shape index (κ1) is 15.9. The lowest BCUT2D eigenvalue weighted by Crippen LogP contribution is -2.28. The standard InChI is InChI=1S/C18H14F2N2O2/c1-10-6-13(20)7-14-16(10)21-9-15(17(14)23)18(24)22-8-11-2-4-12(19)5-3-11/h2-7,9H,8H2,1H3,(H,21,23)(H,22,24). The van der Waals surface area contributed by atoms with Gasteiger partial charge in [0.1, 0.15) is 17.2 Å². The molecule has 1 amide bonds. The average molecular weight is 328 g/mol. The number of fused-ring (bicyclic) bond motifs is 1. The van der Waals surface area contributed by atoms with Gasteiger partial charge in [-0.25, -0.2) is 8.78 Å². The SMILES string of the molecule is Cc1cc(F)cc2c(=O)c(C(=O)NCc3ccc(F)cc3)c[nH]c12. The lowest BCUT2D eigenvalue weighted by atomic mass is 10.1. The summed E-state index contributed by atoms with van der Waals surface area (Å²) >= 11 is 0. The van der Waals surface area contributed by atoms with E-state index in [9.17, 15) is 18.4 Å². The highest BCUT2D eigenvalue weighted by Crippen LogP contribution is 2.15. The molecule has 0 aliphatic carbocycles. The van der Waals surface area contributed by atoms with Crippen LogP contribution in [0, 0.1) is 18.6 Å². The molecule has 1 aromatic heterocycles. The molecule has 3 aromatic rings. The summed E-state index contributed by atoms with van der Waals surface area (Å²) < 4.78 is 26.4. The number of hydrogen-bond acceptors (Lipinski definition) is 2. The van der Waals surface area contributed by atoms with E-state index in [0.29, 0.717) is 16.6 Å². The van der Waals surface area contributed by atoms with Crippen molar-refractivity contribution in [2.75, 3.05) is 0 Å². The molecule has 2 aromatic carbocycles. The molecular formula is C18H14F2N2O2. The molecule has 0 atom stereocenters. The van der Waals surface area contributed by atoms with Gasteiger partial charge in [0.05, 0.1) is 5.52 Å². The number of carbonyl (C=O) groups is 1. The first-order valence-electron chi connectivity index (χ1n) is 7.30. The normalized spacial score (nSPS) is 10.8. The first-order chi connectivity index (χ1) is 11.5. The fourth-order valence-electron chi connectivity index (χ4n) is 2.52. The van der Waals surface area contributed by atoms with E-state index in [1.165, 1.54) is 24.4 Å². The average Bonchev–Trinajstić information content (AvgIpc) is 2.55. The largest absolute Gasteiger partial charge is 0.360 e. The molecule has 0 saturated carbocycles. The number of aryl methyl sites for hydroxylation is 1. The van der Waals surface area contributed by atoms with Gasteiger partial charge in [-0.15, -0.1) is 0 Å². The first-order valence-corrected chi connectivity index (χ1v) is 7.30. The van der Waals surface area contributed by atoms with E-state index in [0.717, 1.165) is 6.07 Å². The maximum absolute atomic E-state index is 13.5. The van der Waals surface area contributed by atoms with Gasteiger partial charge in [-0.1, -0.05) is 12.1 Å². The van der Waals surface area contributed by atoms with E-state index in [2.05, 4.69) is 10.3 Å². The predicted molar refractivity (Wildman–Crippen MR) is 86.8 cm³/mol. The number of aromatic amines is 1. The summed E-state index contributed by atoms with van der Waals surface area (Å²) in [5.74, 6) is -1.48. The van der Waals surface area contributed by atoms with Crippen molar-refractivity contribution in [3.05, 3.63) is 81.1 Å². The van der Waals surface area contributed by atoms with Crippen molar-refractivity contribution in [2.45, 2.75) is 13.5 Å². The minimum atomic E-state index is -0.579. The molecule has 24 heavy (non-hydrogen) atoms. The zero-order valence-corrected chi connectivity index (χ0v) is 12.8. The van der Waals surface area contributed by atoms with Gasteiger partial charge in [0.2, 0.25) is 5.43 Å². The molecular weight excluding hydrogens is 314 g/mol. The van der Waals surface area contributed by atoms with Crippen LogP contribution < -0.4 is 10.7 Å². The quantitative estimate of drug-likeness (QED) is 0.776. The van der Waals surface area contributed by atoms with E-state index in [-0.39, 0.29) is 23.3 Å². The lowest BCUT2D eigenvalue weighted by Gasteiger charge is -2.07. The second-order valence-electron chi connectivity index (χ2n) is 5.49. The van der Waals surface area contributed by atoms with Gasteiger partial charge in [-0.3, -0.25) is 9.59 Å². The Labute approximate surface area is 136 Å². The Hall–Kier alpha value is -3.02. The molecule has 0 saturated heterocycles. The van der Waals surface area contributed by atoms with Crippen molar-refractivity contribution in [3.8, 4) is 0 Å². The number of halogens is 2. The van der Waals surface area contributed by atoms with Gasteiger partial charge < -0.3 is 10.3 Å². The van der Waals surface area contributed by atoms with Crippen molar-refractivity contribution in [1.82, 2.24) is 10.3 Å². The summed E-state index contributed by atoms with van der Waals surface area (Å²) in [6.45, 7) is 1.83. The van der Waals surface area contributed by atoms with Crippen LogP contribution in [-0.2, 0) is 6.54 Å². The molecule has 0 aliphatic rings. The third-order valence-electron chi connectivity index (χ3n) is 3.76. The van der Waals surface area contributed by atoms with Crippen LogP contribution >= 0.6 is 0 Å². The topological polar surface area (TPSA) is 62.0 Å². The number of aromatic nitrogens is 1. The number of hydrogen-bond donors (Lipinski definition) is 2. The van der Waals surface area contributed by atoms with Crippen LogP contribution in [-0.4, -0.2) is 10.9 Å². The van der Waals surface area contributed by atoms with Crippen molar-refractivity contribution in [1.29, 1.82) is 0 Å². The predicted octanol–water partition coefficient (Wildman–Crippen LogP) is 3.04. The Morgan fingerprint density at radius 1 is 1.12 bits per heavy atom. The van der Waals surface area contributed by atoms with E-state index >= 15 is 0 Å². The van der Waals surface area contributed by atoms with Gasteiger partial charge in [0.15, 0.2) is 0 Å². The van der Waals surface area contributed by atoms with Crippen LogP contribution in [0.5, 0.6) is 0 Å². The summed E-state index contributed by atoms with van der Waals surface area (Å²) in [5, 5.41) is 2.72. The van der Waals surface area contributed by atoms with Gasteiger partial charge in [-0.05, 0) is 42.3 Å². The molecule has 4 nitrogen and oxygen atoms in total. The van der Waals surface area contributed by atoms with E-state index in [1.807, 2.05) is 0 Å². The van der Waals surface area contributed by atoms with Crippen LogP contribution in [0.2, 0.25) is 0 Å². The summed E-state index contributed by atoms with van der Waals surface area (Å²) in [6, 6.07) is 8.08. The zero-order chi connectivity index (χ0) is 17.3. The molecule has 3 rings (SSSR count). The highest BCUT2D eigenvalue weighted by molar-refractivity contribution is 5.97. The van der Waals surface area contributed by atoms with Gasteiger partial charge in [-0.2, -0.15) is 0 Å². The summed E-state index contributed by atoms with van der Waals surface area (Å²) in [7, 11) is 0. The molecule has 0 bridgehead atoms. The molecule has 122 valence electrons. The third kappa shape index (κ3) is 3.03. The van der Waals surface area contributed by atoms with E-state index in [4.69, 9.17) is 0 Å². The number of amides is 1. The molecule has 6 heteroatoms. The smallest absolute Gasteiger partial charge is 0.257 e. The molecule has 0 aliphatic heterocycles. The fraction of sp³-hybridized carbons (Fsp3) is 0.111. The van der Waals surface area contributed by atoms with Crippen molar-refractivity contribution >= 4 is 16.8 Å². The summed E-state index contributed by atoms with van der Waals surface area (Å²) in [5.41, 5.74) is 1.14. The van der Waals surface area contributed by atoms with Crippen molar-refractivity contribution in [2.24, 2.45) is 0 Å². The van der Waals surface area contributed by atoms with Crippen LogP contribution in [0.1, 0.15) is 21.5 Å². The van der Waals surface area contributed by atoms with Crippen LogP contribution in [0.15, 0.2) is 47.4 Å². The molecule has 0 unspecified atom stereocenters. The van der Waals surface area contributed by atoms with Gasteiger partial charge in [0, 0.05) is 18.1 Å². The molecule has 0 spiro atoms. The highest BCUT2D eigenvalue weighted by Gasteiger charge is 2.14. The Morgan fingerprint density at radius 3 is 2.54 bits per heavy atom. The molecule has 0 radical (unpaired) electrons. The Kier molecular flexibility index (Phi) is 4.12. The number of carbonyl (C=O) groups excluding carboxylic acids is 1. The number of benzene rings is 2. The number of pyridine rings is 1. The Morgan fingerprint density at radius 2 is 1.83 bits per heavy atom. The second-order valence-corrected chi connectivity index (χ2v) is 5.49. The maximum atomic E-state index is 13.5. The summed E-state index contributed by atoms with van der Waals surface area (Å²) in [6.07, 6.45) is 1.32. The van der Waals surface area contributed by atoms with Crippen LogP contribution in [0.25, 0.3) is 10.9 Å². The van der Waals surface area contributed by atoms with Gasteiger partial charge in [0.25, 0.3) is 5.91 Å². The minimum absolute atomic E-state index is 0.102. The number of H-pyrrole nitrogens is 1. The fourth-order valence-corrected chi connectivity index (χ4v) is 2.52. The van der Waals surface area contributed by atoms with Crippen LogP contribution in [0.4, 0.5) is 8.78 Å². The monoisotopic (exact) mass is 328 g/mol. The third-order valence-corrected chi connectivity index (χ3v) is 3.76. The Balaban J connectivity index is 1.88. The highest BCUT2D eigenvalue weighted by atomic mass is 19.1. The molecule has 1 heterocycles. The Bertz CT molecular complexity index is 979. The summed E-state index contributed by atoms with van der Waals surface area (Å²) in [4.78, 5) is 27.5. The molecule has 2 N–H and O–H groups in total. The number of rotatable bonds is 3. The zero-order valence-electron chi connectivity index (χ0n) is 12.8. The molecule has 0 fully saturated rings. The van der Waals surface area contributed by atoms with Crippen molar-refractivity contribution < 1.29 is 13.6 Å². The van der Waals surface area contributed by atoms with E-state index in [1.54, 1.807) is 19.1 Å².